The first-order valence-corrected chi connectivity index (χ1v) is 11.2. The van der Waals surface area contributed by atoms with E-state index in [0.717, 1.165) is 32.2 Å². The zero-order chi connectivity index (χ0) is 23.5. The summed E-state index contributed by atoms with van der Waals surface area (Å²) in [5.74, 6) is -0.313. The van der Waals surface area contributed by atoms with Gasteiger partial charge >= 0.3 is 0 Å². The van der Waals surface area contributed by atoms with Gasteiger partial charge in [0, 0.05) is 25.1 Å². The highest BCUT2D eigenvalue weighted by Crippen LogP contribution is 2.34. The number of rotatable bonds is 6. The molecule has 0 aliphatic carbocycles. The van der Waals surface area contributed by atoms with Crippen molar-refractivity contribution in [2.75, 3.05) is 36.3 Å². The predicted molar refractivity (Wildman–Crippen MR) is 124 cm³/mol. The average molecular weight is 456 g/mol. The number of hydrogen-bond donors (Lipinski definition) is 3. The zero-order valence-corrected chi connectivity index (χ0v) is 19.1. The minimum absolute atomic E-state index is 0.142. The topological polar surface area (TPSA) is 126 Å². The molecule has 2 atom stereocenters. The largest absolute Gasteiger partial charge is 0.497 e. The molecule has 1 saturated heterocycles. The lowest BCUT2D eigenvalue weighted by Gasteiger charge is -2.36. The van der Waals surface area contributed by atoms with Crippen LogP contribution in [-0.2, 0) is 9.59 Å². The van der Waals surface area contributed by atoms with Crippen molar-refractivity contribution in [2.24, 2.45) is 0 Å². The second-order valence-corrected chi connectivity index (χ2v) is 8.26. The highest BCUT2D eigenvalue weighted by molar-refractivity contribution is 6.05. The van der Waals surface area contributed by atoms with E-state index >= 15 is 0 Å². The Bertz CT molecular complexity index is 1110. The Morgan fingerprint density at radius 3 is 2.79 bits per heavy atom. The van der Waals surface area contributed by atoms with Crippen molar-refractivity contribution in [1.29, 1.82) is 0 Å². The number of ether oxygens (including phenoxy) is 2. The van der Waals surface area contributed by atoms with Crippen LogP contribution < -0.4 is 30.6 Å². The summed E-state index contributed by atoms with van der Waals surface area (Å²) in [6.07, 6.45) is 3.95. The van der Waals surface area contributed by atoms with Gasteiger partial charge in [0.1, 0.15) is 17.3 Å². The van der Waals surface area contributed by atoms with Crippen molar-refractivity contribution in [1.82, 2.24) is 9.97 Å². The molecule has 0 spiro atoms. The third kappa shape index (κ3) is 4.50. The maximum Gasteiger partial charge on any atom is 0.258 e. The van der Waals surface area contributed by atoms with Crippen LogP contribution in [0.1, 0.15) is 50.5 Å². The summed E-state index contributed by atoms with van der Waals surface area (Å²) in [7, 11) is 3.00. The molecule has 3 N–H and O–H groups in total. The van der Waals surface area contributed by atoms with E-state index < -0.39 is 17.4 Å². The Labute approximate surface area is 191 Å². The number of fused-ring (bicyclic) bond motifs is 1. The summed E-state index contributed by atoms with van der Waals surface area (Å²) >= 11 is 0. The van der Waals surface area contributed by atoms with Crippen molar-refractivity contribution in [3.8, 4) is 11.5 Å². The monoisotopic (exact) mass is 455 g/mol. The van der Waals surface area contributed by atoms with E-state index in [9.17, 15) is 14.4 Å². The summed E-state index contributed by atoms with van der Waals surface area (Å²) in [6.45, 7) is 2.89. The summed E-state index contributed by atoms with van der Waals surface area (Å²) in [6, 6.07) is 5.27. The quantitative estimate of drug-likeness (QED) is 0.611. The van der Waals surface area contributed by atoms with Crippen LogP contribution in [0.4, 0.5) is 17.5 Å². The number of carbonyl (C=O) groups excluding carboxylic acids is 2. The van der Waals surface area contributed by atoms with Gasteiger partial charge in [0.05, 0.1) is 31.4 Å². The molecule has 1 aromatic heterocycles. The lowest BCUT2D eigenvalue weighted by atomic mass is 9.92. The van der Waals surface area contributed by atoms with Gasteiger partial charge in [0.15, 0.2) is 0 Å². The fourth-order valence-electron chi connectivity index (χ4n) is 4.55. The van der Waals surface area contributed by atoms with E-state index in [1.807, 2.05) is 0 Å². The van der Waals surface area contributed by atoms with Gasteiger partial charge in [-0.1, -0.05) is 6.92 Å². The van der Waals surface area contributed by atoms with Gasteiger partial charge in [0.25, 0.3) is 5.56 Å². The molecule has 176 valence electrons. The maximum atomic E-state index is 13.2. The van der Waals surface area contributed by atoms with Crippen LogP contribution >= 0.6 is 0 Å². The number of amides is 2. The molecule has 0 saturated carbocycles. The minimum Gasteiger partial charge on any atom is -0.497 e. The molecule has 1 aromatic carbocycles. The zero-order valence-electron chi connectivity index (χ0n) is 19.1. The first kappa shape index (κ1) is 22.6. The first-order valence-electron chi connectivity index (χ1n) is 11.2. The van der Waals surface area contributed by atoms with E-state index in [-0.39, 0.29) is 29.8 Å². The van der Waals surface area contributed by atoms with Crippen LogP contribution in [0, 0.1) is 0 Å². The normalized spacial score (nSPS) is 20.0. The van der Waals surface area contributed by atoms with Gasteiger partial charge in [0.2, 0.25) is 17.8 Å². The molecule has 0 unspecified atom stereocenters. The van der Waals surface area contributed by atoms with Crippen molar-refractivity contribution < 1.29 is 19.1 Å². The number of aromatic nitrogens is 2. The number of carbonyl (C=O) groups is 2. The van der Waals surface area contributed by atoms with Gasteiger partial charge in [-0.3, -0.25) is 19.4 Å². The second kappa shape index (κ2) is 9.51. The number of H-pyrrole nitrogens is 1. The minimum atomic E-state index is -0.988. The number of aromatic amines is 1. The SMILES string of the molecule is CC[C@@H]1CCCCN1c1nc2c(c(=O)[nH]1)[C@H](C(=O)Nc1cc(OC)ccc1OC)CC(=O)N2. The molecule has 10 heteroatoms. The smallest absolute Gasteiger partial charge is 0.258 e. The summed E-state index contributed by atoms with van der Waals surface area (Å²) in [4.78, 5) is 48.3. The van der Waals surface area contributed by atoms with Gasteiger partial charge < -0.3 is 25.0 Å². The highest BCUT2D eigenvalue weighted by Gasteiger charge is 2.36. The molecule has 2 amide bonds. The summed E-state index contributed by atoms with van der Waals surface area (Å²) in [5.41, 5.74) is 0.116. The van der Waals surface area contributed by atoms with Crippen LogP contribution in [0.5, 0.6) is 11.5 Å². The number of hydrogen-bond acceptors (Lipinski definition) is 7. The van der Waals surface area contributed by atoms with E-state index in [1.54, 1.807) is 18.2 Å². The molecular weight excluding hydrogens is 426 g/mol. The Morgan fingerprint density at radius 1 is 1.24 bits per heavy atom. The molecule has 0 bridgehead atoms. The molecule has 10 nitrogen and oxygen atoms in total. The van der Waals surface area contributed by atoms with Crippen molar-refractivity contribution >= 4 is 29.3 Å². The van der Waals surface area contributed by atoms with Gasteiger partial charge in [-0.15, -0.1) is 0 Å². The molecule has 33 heavy (non-hydrogen) atoms. The molecule has 4 rings (SSSR count). The van der Waals surface area contributed by atoms with Gasteiger partial charge in [-0.05, 0) is 37.8 Å². The Kier molecular flexibility index (Phi) is 6.52. The van der Waals surface area contributed by atoms with Crippen LogP contribution in [0.25, 0.3) is 0 Å². The summed E-state index contributed by atoms with van der Waals surface area (Å²) < 4.78 is 10.5. The van der Waals surface area contributed by atoms with Crippen LogP contribution in [0.15, 0.2) is 23.0 Å². The van der Waals surface area contributed by atoms with E-state index in [4.69, 9.17) is 9.47 Å². The van der Waals surface area contributed by atoms with E-state index in [2.05, 4.69) is 32.4 Å². The first-order chi connectivity index (χ1) is 15.9. The maximum absolute atomic E-state index is 13.2. The molecule has 1 fully saturated rings. The molecule has 2 aliphatic rings. The number of anilines is 3. The number of methoxy groups -OCH3 is 2. The second-order valence-electron chi connectivity index (χ2n) is 8.26. The number of piperidine rings is 1. The fourth-order valence-corrected chi connectivity index (χ4v) is 4.55. The third-order valence-corrected chi connectivity index (χ3v) is 6.29. The lowest BCUT2D eigenvalue weighted by Crippen LogP contribution is -2.43. The van der Waals surface area contributed by atoms with Crippen LogP contribution in [-0.4, -0.2) is 48.6 Å². The molecule has 3 heterocycles. The number of nitrogens with zero attached hydrogens (tertiary/aromatic N) is 2. The Hall–Kier alpha value is -3.56. The van der Waals surface area contributed by atoms with Crippen molar-refractivity contribution in [2.45, 2.75) is 51.0 Å². The fraction of sp³-hybridized carbons (Fsp3) is 0.478. The summed E-state index contributed by atoms with van der Waals surface area (Å²) in [5, 5.41) is 5.45. The molecule has 0 radical (unpaired) electrons. The van der Waals surface area contributed by atoms with E-state index in [0.29, 0.717) is 23.1 Å². The third-order valence-electron chi connectivity index (χ3n) is 6.29. The average Bonchev–Trinajstić information content (AvgIpc) is 2.82. The van der Waals surface area contributed by atoms with E-state index in [1.165, 1.54) is 14.2 Å². The number of benzene rings is 1. The Balaban J connectivity index is 1.67. The highest BCUT2D eigenvalue weighted by atomic mass is 16.5. The van der Waals surface area contributed by atoms with Gasteiger partial charge in [-0.25, -0.2) is 0 Å². The Morgan fingerprint density at radius 2 is 2.06 bits per heavy atom. The molecular formula is C23H29N5O5. The molecule has 2 aliphatic heterocycles. The lowest BCUT2D eigenvalue weighted by molar-refractivity contribution is -0.123. The molecule has 2 aromatic rings. The van der Waals surface area contributed by atoms with Crippen molar-refractivity contribution in [3.63, 3.8) is 0 Å². The standard InChI is InChI=1S/C23H29N5O5/c1-4-13-7-5-6-10-28(13)23-26-20-19(22(31)27-23)15(12-18(29)25-20)21(30)24-16-11-14(32-2)8-9-17(16)33-3/h8-9,11,13,15H,4-7,10,12H2,1-3H3,(H,24,30)(H2,25,26,27,29,31)/t13-,15-/m1/s1. The van der Waals surface area contributed by atoms with Crippen LogP contribution in [0.3, 0.4) is 0 Å². The predicted octanol–water partition coefficient (Wildman–Crippen LogP) is 2.62. The van der Waals surface area contributed by atoms with Crippen LogP contribution in [0.2, 0.25) is 0 Å². The van der Waals surface area contributed by atoms with Crippen molar-refractivity contribution in [3.05, 3.63) is 34.1 Å². The van der Waals surface area contributed by atoms with Gasteiger partial charge in [-0.2, -0.15) is 4.98 Å². The number of nitrogens with one attached hydrogen (secondary N) is 3.